The summed E-state index contributed by atoms with van der Waals surface area (Å²) in [6.07, 6.45) is 4.58. The molecule has 2 atom stereocenters. The SMILES string of the molecule is C=CC(=O)N1CCN(c2nc(OC[C@H]3CCCN3CCO[Si](C)(C)C(C)(C)C)nc3c2CCN(c2cccc4ccccc24)C3)CC1CC#N. The van der Waals surface area contributed by atoms with E-state index in [4.69, 9.17) is 19.1 Å². The van der Waals surface area contributed by atoms with Gasteiger partial charge in [-0.15, -0.1) is 0 Å². The summed E-state index contributed by atoms with van der Waals surface area (Å²) in [4.78, 5) is 31.7. The first-order chi connectivity index (χ1) is 24.0. The van der Waals surface area contributed by atoms with Crippen molar-refractivity contribution in [1.29, 1.82) is 5.26 Å². The summed E-state index contributed by atoms with van der Waals surface area (Å²) >= 11 is 0. The summed E-state index contributed by atoms with van der Waals surface area (Å²) in [5.41, 5.74) is 3.29. The highest BCUT2D eigenvalue weighted by molar-refractivity contribution is 6.74. The summed E-state index contributed by atoms with van der Waals surface area (Å²) < 4.78 is 13.0. The van der Waals surface area contributed by atoms with Crippen LogP contribution >= 0.6 is 0 Å². The lowest BCUT2D eigenvalue weighted by Crippen LogP contribution is -2.55. The molecular formula is C39H53N7O3Si. The fourth-order valence-corrected chi connectivity index (χ4v) is 8.36. The maximum atomic E-state index is 12.7. The van der Waals surface area contributed by atoms with Gasteiger partial charge >= 0.3 is 6.01 Å². The van der Waals surface area contributed by atoms with E-state index in [-0.39, 0.29) is 29.4 Å². The smallest absolute Gasteiger partial charge is 0.318 e. The zero-order valence-electron chi connectivity index (χ0n) is 30.5. The number of rotatable bonds is 11. The number of amides is 1. The average molecular weight is 696 g/mol. The zero-order chi connectivity index (χ0) is 35.5. The van der Waals surface area contributed by atoms with Crippen LogP contribution in [0.4, 0.5) is 11.5 Å². The standard InChI is InChI=1S/C39H53N7O3Si/c1-7-36(47)46-23-22-45(26-30(46)17-19-40)37-33-18-21-44(35-16-10-13-29-12-8-9-15-32(29)35)27-34(33)41-38(42-37)48-28-31-14-11-20-43(31)24-25-49-50(5,6)39(2,3)4/h7-10,12-13,15-16,30-31H,1,11,14,17-18,20-28H2,2-6H3/t30?,31-/m1/s1. The first-order valence-corrected chi connectivity index (χ1v) is 21.1. The Morgan fingerprint density at radius 2 is 1.86 bits per heavy atom. The first-order valence-electron chi connectivity index (χ1n) is 18.2. The molecule has 2 aromatic carbocycles. The van der Waals surface area contributed by atoms with Gasteiger partial charge in [0.05, 0.1) is 30.8 Å². The van der Waals surface area contributed by atoms with Crippen LogP contribution in [0.15, 0.2) is 55.1 Å². The maximum Gasteiger partial charge on any atom is 0.318 e. The van der Waals surface area contributed by atoms with E-state index in [0.717, 1.165) is 62.6 Å². The third-order valence-corrected chi connectivity index (χ3v) is 15.8. The molecule has 50 heavy (non-hydrogen) atoms. The lowest BCUT2D eigenvalue weighted by molar-refractivity contribution is -0.128. The van der Waals surface area contributed by atoms with Crippen LogP contribution in [-0.2, 0) is 22.2 Å². The van der Waals surface area contributed by atoms with Crippen molar-refractivity contribution in [2.45, 2.75) is 83.2 Å². The number of carbonyl (C=O) groups excluding carboxylic acids is 1. The zero-order valence-corrected chi connectivity index (χ0v) is 31.5. The van der Waals surface area contributed by atoms with Gasteiger partial charge in [0, 0.05) is 62.0 Å². The number of nitriles is 1. The quantitative estimate of drug-likeness (QED) is 0.172. The highest BCUT2D eigenvalue weighted by Crippen LogP contribution is 2.37. The Kier molecular flexibility index (Phi) is 10.8. The molecule has 10 nitrogen and oxygen atoms in total. The van der Waals surface area contributed by atoms with Gasteiger partial charge in [0.2, 0.25) is 5.91 Å². The minimum atomic E-state index is -1.81. The predicted octanol–water partition coefficient (Wildman–Crippen LogP) is 6.17. The molecule has 1 unspecified atom stereocenters. The number of aromatic nitrogens is 2. The fraction of sp³-hybridized carbons (Fsp3) is 0.538. The summed E-state index contributed by atoms with van der Waals surface area (Å²) in [6.45, 7) is 21.5. The van der Waals surface area contributed by atoms with Crippen LogP contribution in [0.25, 0.3) is 10.8 Å². The lowest BCUT2D eigenvalue weighted by Gasteiger charge is -2.42. The van der Waals surface area contributed by atoms with Crippen molar-refractivity contribution in [2.75, 3.05) is 62.3 Å². The molecule has 6 rings (SSSR count). The van der Waals surface area contributed by atoms with Crippen LogP contribution in [0.5, 0.6) is 6.01 Å². The number of piperazine rings is 1. The largest absolute Gasteiger partial charge is 0.462 e. The summed E-state index contributed by atoms with van der Waals surface area (Å²) in [7, 11) is -1.81. The molecule has 0 spiro atoms. The molecular weight excluding hydrogens is 643 g/mol. The van der Waals surface area contributed by atoms with Crippen molar-refractivity contribution < 1.29 is 14.0 Å². The Labute approximate surface area is 298 Å². The second-order valence-electron chi connectivity index (χ2n) is 15.4. The monoisotopic (exact) mass is 695 g/mol. The molecule has 1 aromatic heterocycles. The summed E-state index contributed by atoms with van der Waals surface area (Å²) in [6, 6.07) is 17.7. The second kappa shape index (κ2) is 15.1. The van der Waals surface area contributed by atoms with Crippen molar-refractivity contribution in [3.63, 3.8) is 0 Å². The average Bonchev–Trinajstić information content (AvgIpc) is 3.56. The number of likely N-dealkylation sites (tertiary alicyclic amines) is 1. The molecule has 0 saturated carbocycles. The van der Waals surface area contributed by atoms with Gasteiger partial charge in [0.1, 0.15) is 12.4 Å². The maximum absolute atomic E-state index is 12.7. The Morgan fingerprint density at radius 3 is 2.64 bits per heavy atom. The minimum Gasteiger partial charge on any atom is -0.462 e. The molecule has 4 heterocycles. The third-order valence-electron chi connectivity index (χ3n) is 11.2. The highest BCUT2D eigenvalue weighted by Gasteiger charge is 2.38. The molecule has 11 heteroatoms. The summed E-state index contributed by atoms with van der Waals surface area (Å²) in [5, 5.41) is 12.3. The summed E-state index contributed by atoms with van der Waals surface area (Å²) in [5.74, 6) is 0.724. The number of nitrogens with zero attached hydrogens (tertiary/aromatic N) is 7. The fourth-order valence-electron chi connectivity index (χ4n) is 7.32. The Morgan fingerprint density at radius 1 is 1.06 bits per heavy atom. The first kappa shape index (κ1) is 35.8. The predicted molar refractivity (Wildman–Crippen MR) is 202 cm³/mol. The number of anilines is 2. The Balaban J connectivity index is 1.24. The molecule has 0 N–H and O–H groups in total. The van der Waals surface area contributed by atoms with Crippen molar-refractivity contribution in [3.05, 3.63) is 66.4 Å². The number of ether oxygens (including phenoxy) is 1. The highest BCUT2D eigenvalue weighted by atomic mass is 28.4. The van der Waals surface area contributed by atoms with E-state index in [2.05, 4.69) is 104 Å². The van der Waals surface area contributed by atoms with Crippen LogP contribution < -0.4 is 14.5 Å². The van der Waals surface area contributed by atoms with E-state index >= 15 is 0 Å². The van der Waals surface area contributed by atoms with Crippen LogP contribution in [0.2, 0.25) is 18.1 Å². The number of hydrogen-bond acceptors (Lipinski definition) is 9. The van der Waals surface area contributed by atoms with Gasteiger partial charge in [-0.2, -0.15) is 15.2 Å². The third kappa shape index (κ3) is 7.68. The van der Waals surface area contributed by atoms with E-state index in [9.17, 15) is 10.1 Å². The van der Waals surface area contributed by atoms with Crippen LogP contribution in [0.1, 0.15) is 51.3 Å². The number of carbonyl (C=O) groups is 1. The molecule has 0 bridgehead atoms. The molecule has 0 aliphatic carbocycles. The Bertz CT molecular complexity index is 1730. The van der Waals surface area contributed by atoms with Gasteiger partial charge in [-0.25, -0.2) is 0 Å². The number of fused-ring (bicyclic) bond motifs is 2. The van der Waals surface area contributed by atoms with Crippen LogP contribution in [0, 0.1) is 11.3 Å². The van der Waals surface area contributed by atoms with Crippen LogP contribution in [-0.4, -0.2) is 98.6 Å². The molecule has 0 radical (unpaired) electrons. The van der Waals surface area contributed by atoms with Crippen LogP contribution in [0.3, 0.4) is 0 Å². The molecule has 1 amide bonds. The molecule has 3 aliphatic heterocycles. The van der Waals surface area contributed by atoms with E-state index in [1.807, 2.05) is 0 Å². The van der Waals surface area contributed by atoms with Gasteiger partial charge < -0.3 is 23.9 Å². The van der Waals surface area contributed by atoms with Gasteiger partial charge in [0.25, 0.3) is 0 Å². The molecule has 2 saturated heterocycles. The normalized spacial score (nSPS) is 20.1. The van der Waals surface area contributed by atoms with E-state index in [0.29, 0.717) is 38.8 Å². The van der Waals surface area contributed by atoms with E-state index in [1.165, 1.54) is 22.5 Å². The Hall–Kier alpha value is -3.98. The topological polar surface area (TPSA) is 98.1 Å². The van der Waals surface area contributed by atoms with Crippen molar-refractivity contribution in [2.24, 2.45) is 0 Å². The van der Waals surface area contributed by atoms with E-state index < -0.39 is 8.32 Å². The van der Waals surface area contributed by atoms with Crippen molar-refractivity contribution in [1.82, 2.24) is 19.8 Å². The number of hydrogen-bond donors (Lipinski definition) is 0. The molecule has 3 aromatic rings. The van der Waals surface area contributed by atoms with Gasteiger partial charge in [-0.1, -0.05) is 63.7 Å². The second-order valence-corrected chi connectivity index (χ2v) is 20.2. The van der Waals surface area contributed by atoms with Gasteiger partial charge in [-0.3, -0.25) is 9.69 Å². The molecule has 3 aliphatic rings. The lowest BCUT2D eigenvalue weighted by atomic mass is 10.0. The minimum absolute atomic E-state index is 0.139. The molecule has 2 fully saturated rings. The van der Waals surface area contributed by atoms with Gasteiger partial charge in [0.15, 0.2) is 8.32 Å². The molecule has 266 valence electrons. The van der Waals surface area contributed by atoms with Gasteiger partial charge in [-0.05, 0) is 61.5 Å². The van der Waals surface area contributed by atoms with E-state index in [1.54, 1.807) is 4.90 Å². The van der Waals surface area contributed by atoms with Crippen molar-refractivity contribution >= 4 is 36.5 Å². The van der Waals surface area contributed by atoms with Crippen molar-refractivity contribution in [3.8, 4) is 12.1 Å². The number of benzene rings is 2.